The van der Waals surface area contributed by atoms with E-state index < -0.39 is 85.9 Å². The lowest BCUT2D eigenvalue weighted by Gasteiger charge is -2.48. The summed E-state index contributed by atoms with van der Waals surface area (Å²) < 4.78 is 62.2. The molecule has 2 fully saturated rings. The first-order chi connectivity index (χ1) is 30.8. The van der Waals surface area contributed by atoms with Crippen LogP contribution in [0, 0.1) is 0 Å². The minimum absolute atomic E-state index is 0.0911. The molecule has 0 aromatic heterocycles. The molecule has 2 saturated heterocycles. The quantitative estimate of drug-likeness (QED) is 0.0812. The molecule has 5 aromatic rings. The second kappa shape index (κ2) is 22.5. The van der Waals surface area contributed by atoms with Gasteiger partial charge in [-0.25, -0.2) is 14.4 Å². The second-order valence-electron chi connectivity index (χ2n) is 14.8. The Morgan fingerprint density at radius 2 is 0.937 bits per heavy atom. The van der Waals surface area contributed by atoms with E-state index in [2.05, 4.69) is 0 Å². The molecule has 2 aliphatic heterocycles. The molecule has 1 N–H and O–H groups in total. The summed E-state index contributed by atoms with van der Waals surface area (Å²) in [5.41, 5.74) is 2.44. The first-order valence-corrected chi connectivity index (χ1v) is 20.5. The topological polar surface area (TPSA) is 164 Å². The fraction of sp³-hybridized carbons (Fsp3) is 0.327. The third-order valence-corrected chi connectivity index (χ3v) is 10.6. The van der Waals surface area contributed by atoms with Crippen molar-refractivity contribution >= 4 is 17.9 Å². The van der Waals surface area contributed by atoms with Crippen LogP contribution >= 0.6 is 0 Å². The zero-order valence-corrected chi connectivity index (χ0v) is 34.8. The number of rotatable bonds is 18. The van der Waals surface area contributed by atoms with Crippen LogP contribution in [0.1, 0.15) is 42.2 Å². The Labute approximate surface area is 365 Å². The second-order valence-corrected chi connectivity index (χ2v) is 14.8. The smallest absolute Gasteiger partial charge is 0.338 e. The van der Waals surface area contributed by atoms with E-state index in [1.54, 1.807) is 91.0 Å². The van der Waals surface area contributed by atoms with Crippen molar-refractivity contribution in [2.24, 2.45) is 0 Å². The number of ether oxygens (including phenoxy) is 10. The number of hydrogen-bond acceptors (Lipinski definition) is 14. The van der Waals surface area contributed by atoms with Crippen molar-refractivity contribution in [3.8, 4) is 0 Å². The van der Waals surface area contributed by atoms with Gasteiger partial charge in [-0.05, 0) is 47.5 Å². The van der Waals surface area contributed by atoms with Crippen molar-refractivity contribution in [1.82, 2.24) is 0 Å². The molecule has 2 aliphatic rings. The molecule has 0 spiro atoms. The molecule has 0 bridgehead atoms. The van der Waals surface area contributed by atoms with Crippen LogP contribution in [0.2, 0.25) is 0 Å². The highest BCUT2D eigenvalue weighted by molar-refractivity contribution is 5.90. The van der Waals surface area contributed by atoms with Crippen LogP contribution in [0.3, 0.4) is 0 Å². The van der Waals surface area contributed by atoms with E-state index in [0.717, 1.165) is 11.1 Å². The summed E-state index contributed by atoms with van der Waals surface area (Å²) in [6.45, 7) is -0.229. The van der Waals surface area contributed by atoms with Gasteiger partial charge in [0.2, 0.25) is 0 Å². The van der Waals surface area contributed by atoms with Gasteiger partial charge in [0.05, 0.1) is 36.5 Å². The molecule has 10 atom stereocenters. The predicted octanol–water partition coefficient (Wildman–Crippen LogP) is 5.95. The minimum Gasteiger partial charge on any atom is -0.459 e. The molecule has 5 aromatic carbocycles. The molecular weight excluding hydrogens is 813 g/mol. The number of carbonyl (C=O) groups is 3. The van der Waals surface area contributed by atoms with Crippen LogP contribution in [0.15, 0.2) is 152 Å². The van der Waals surface area contributed by atoms with E-state index >= 15 is 0 Å². The van der Waals surface area contributed by atoms with Crippen molar-refractivity contribution in [2.75, 3.05) is 27.4 Å². The molecule has 330 valence electrons. The number of aliphatic hydroxyl groups excluding tert-OH is 1. The van der Waals surface area contributed by atoms with Crippen molar-refractivity contribution < 1.29 is 66.9 Å². The van der Waals surface area contributed by atoms with Crippen molar-refractivity contribution in [3.63, 3.8) is 0 Å². The number of aliphatic hydroxyl groups is 1. The van der Waals surface area contributed by atoms with E-state index in [1.165, 1.54) is 14.2 Å². The van der Waals surface area contributed by atoms with E-state index in [4.69, 9.17) is 47.4 Å². The lowest BCUT2D eigenvalue weighted by molar-refractivity contribution is -0.361. The Morgan fingerprint density at radius 3 is 1.46 bits per heavy atom. The first-order valence-electron chi connectivity index (χ1n) is 20.5. The predicted molar refractivity (Wildman–Crippen MR) is 225 cm³/mol. The van der Waals surface area contributed by atoms with Gasteiger partial charge in [-0.2, -0.15) is 0 Å². The average Bonchev–Trinajstić information content (AvgIpc) is 3.33. The lowest BCUT2D eigenvalue weighted by atomic mass is 9.96. The number of methoxy groups -OCH3 is 2. The van der Waals surface area contributed by atoms with Crippen LogP contribution in [0.25, 0.3) is 0 Å². The van der Waals surface area contributed by atoms with Gasteiger partial charge in [0.15, 0.2) is 24.8 Å². The maximum Gasteiger partial charge on any atom is 0.338 e. The maximum atomic E-state index is 13.9. The maximum absolute atomic E-state index is 13.9. The van der Waals surface area contributed by atoms with Gasteiger partial charge in [0.1, 0.15) is 43.2 Å². The van der Waals surface area contributed by atoms with Crippen LogP contribution in [-0.4, -0.2) is 112 Å². The number of benzene rings is 5. The summed E-state index contributed by atoms with van der Waals surface area (Å²) in [6, 6.07) is 43.8. The Hall–Kier alpha value is -5.81. The van der Waals surface area contributed by atoms with Crippen LogP contribution in [-0.2, 0) is 60.6 Å². The van der Waals surface area contributed by atoms with Gasteiger partial charge in [0, 0.05) is 14.2 Å². The Bertz CT molecular complexity index is 2160. The number of esters is 3. The summed E-state index contributed by atoms with van der Waals surface area (Å²) in [4.78, 5) is 40.9. The van der Waals surface area contributed by atoms with E-state index in [0.29, 0.717) is 0 Å². The molecule has 14 nitrogen and oxygen atoms in total. The fourth-order valence-electron chi connectivity index (χ4n) is 7.43. The summed E-state index contributed by atoms with van der Waals surface area (Å²) >= 11 is 0. The molecule has 0 amide bonds. The summed E-state index contributed by atoms with van der Waals surface area (Å²) in [6.07, 6.45) is -12.6. The van der Waals surface area contributed by atoms with Gasteiger partial charge in [-0.1, -0.05) is 115 Å². The SMILES string of the molecule is CO[C@@H]1[C@H](OC(=O)c2ccccc2)[C@@H](O[C@H]2[C@H](OC)[C@H](OCc3ccccc3)[C@@H](O)O[C@@H]2COCc2ccccc2)O[C@H](COC(=O)c2ccccc2)[C@H]1OC(=O)c1ccccc1. The Kier molecular flexibility index (Phi) is 16.2. The number of carbonyl (C=O) groups excluding carboxylic acids is 3. The molecule has 63 heavy (non-hydrogen) atoms. The summed E-state index contributed by atoms with van der Waals surface area (Å²) in [5, 5.41) is 11.5. The summed E-state index contributed by atoms with van der Waals surface area (Å²) in [5.74, 6) is -2.16. The standard InChI is InChI=1S/C49H50O14/c1-54-41-40(37(30-56-28-32-18-8-3-9-19-32)59-48(53)43(41)57-29-33-20-10-4-11-21-33)63-49-44(62-47(52)36-26-16-7-17-27-36)42(55-2)39(61-46(51)35-24-14-6-15-25-35)38(60-49)31-58-45(50)34-22-12-5-13-23-34/h3-27,37-44,48-49,53H,28-31H2,1-2H3/t37-,38-,39-,40-,41+,42+,43+,44+,48+,49-/m1/s1. The fourth-order valence-corrected chi connectivity index (χ4v) is 7.43. The normalized spacial score (nSPS) is 25.7. The zero-order valence-electron chi connectivity index (χ0n) is 34.8. The molecule has 0 radical (unpaired) electrons. The minimum atomic E-state index is -1.53. The molecule has 0 saturated carbocycles. The lowest BCUT2D eigenvalue weighted by Crippen LogP contribution is -2.66. The van der Waals surface area contributed by atoms with E-state index in [1.807, 2.05) is 60.7 Å². The first kappa shape index (κ1) is 45.2. The van der Waals surface area contributed by atoms with Gasteiger partial charge < -0.3 is 52.5 Å². The highest BCUT2D eigenvalue weighted by atomic mass is 16.8. The average molecular weight is 863 g/mol. The van der Waals surface area contributed by atoms with Crippen molar-refractivity contribution in [3.05, 3.63) is 179 Å². The molecule has 7 rings (SSSR count). The van der Waals surface area contributed by atoms with Crippen molar-refractivity contribution in [2.45, 2.75) is 74.6 Å². The van der Waals surface area contributed by atoms with E-state index in [-0.39, 0.29) is 36.5 Å². The molecular formula is C49H50O14. The summed E-state index contributed by atoms with van der Waals surface area (Å²) in [7, 11) is 2.80. The monoisotopic (exact) mass is 862 g/mol. The zero-order chi connectivity index (χ0) is 44.0. The van der Waals surface area contributed by atoms with Gasteiger partial charge >= 0.3 is 17.9 Å². The van der Waals surface area contributed by atoms with Crippen LogP contribution in [0.4, 0.5) is 0 Å². The molecule has 2 heterocycles. The largest absolute Gasteiger partial charge is 0.459 e. The van der Waals surface area contributed by atoms with Crippen LogP contribution < -0.4 is 0 Å². The molecule has 0 unspecified atom stereocenters. The highest BCUT2D eigenvalue weighted by Gasteiger charge is 2.55. The third kappa shape index (κ3) is 11.8. The van der Waals surface area contributed by atoms with Gasteiger partial charge in [0.25, 0.3) is 0 Å². The third-order valence-electron chi connectivity index (χ3n) is 10.6. The van der Waals surface area contributed by atoms with Crippen molar-refractivity contribution in [1.29, 1.82) is 0 Å². The number of hydrogen-bond donors (Lipinski definition) is 1. The molecule has 0 aliphatic carbocycles. The Morgan fingerprint density at radius 1 is 0.492 bits per heavy atom. The van der Waals surface area contributed by atoms with Gasteiger partial charge in [-0.15, -0.1) is 0 Å². The van der Waals surface area contributed by atoms with Crippen LogP contribution in [0.5, 0.6) is 0 Å². The highest BCUT2D eigenvalue weighted by Crippen LogP contribution is 2.35. The van der Waals surface area contributed by atoms with E-state index in [9.17, 15) is 19.5 Å². The Balaban J connectivity index is 1.24. The molecule has 14 heteroatoms. The van der Waals surface area contributed by atoms with Gasteiger partial charge in [-0.3, -0.25) is 0 Å².